The van der Waals surface area contributed by atoms with Crippen LogP contribution in [0.25, 0.3) is 0 Å². The minimum Gasteiger partial charge on any atom is -0.179 e. The van der Waals surface area contributed by atoms with Crippen LogP contribution in [0.3, 0.4) is 0 Å². The van der Waals surface area contributed by atoms with Crippen molar-refractivity contribution in [2.45, 2.75) is 67.1 Å². The molecular formula is C17H36S7. The first-order valence-electron chi connectivity index (χ1n) is 8.97. The van der Waals surface area contributed by atoms with Crippen LogP contribution in [-0.2, 0) is 0 Å². The van der Waals surface area contributed by atoms with E-state index in [0.29, 0.717) is 27.6 Å². The zero-order valence-corrected chi connectivity index (χ0v) is 20.8. The van der Waals surface area contributed by atoms with Crippen molar-refractivity contribution in [3.63, 3.8) is 0 Å². The molecule has 0 aliphatic heterocycles. The number of hydrogen-bond acceptors (Lipinski definition) is 7. The van der Waals surface area contributed by atoms with Crippen LogP contribution in [0.2, 0.25) is 0 Å². The second-order valence-electron chi connectivity index (χ2n) is 6.59. The molecule has 0 bridgehead atoms. The Morgan fingerprint density at radius 2 is 0.917 bits per heavy atom. The number of hydrogen-bond donors (Lipinski definition) is 7. The lowest BCUT2D eigenvalue weighted by Gasteiger charge is -2.31. The molecular weight excluding hydrogens is 429 g/mol. The van der Waals surface area contributed by atoms with Gasteiger partial charge in [-0.05, 0) is 73.4 Å². The third-order valence-corrected chi connectivity index (χ3v) is 7.83. The number of thiol groups is 7. The highest BCUT2D eigenvalue weighted by Crippen LogP contribution is 2.32. The van der Waals surface area contributed by atoms with Crippen molar-refractivity contribution in [3.05, 3.63) is 0 Å². The molecule has 0 aromatic heterocycles. The van der Waals surface area contributed by atoms with Crippen LogP contribution in [0.1, 0.15) is 51.4 Å². The molecule has 0 aromatic carbocycles. The standard InChI is InChI=1S/C17H36S7/c18-7-3-1-5-15(22)9-13(11-20)17(24)14(12-21)10-16(23)6-2-4-8-19/h13-24H,1-12H2. The summed E-state index contributed by atoms with van der Waals surface area (Å²) < 4.78 is 0. The van der Waals surface area contributed by atoms with E-state index in [1.165, 1.54) is 25.7 Å². The van der Waals surface area contributed by atoms with Gasteiger partial charge >= 0.3 is 0 Å². The Morgan fingerprint density at radius 3 is 1.21 bits per heavy atom. The van der Waals surface area contributed by atoms with Crippen LogP contribution in [-0.4, -0.2) is 38.8 Å². The molecule has 4 unspecified atom stereocenters. The zero-order valence-electron chi connectivity index (χ0n) is 14.5. The van der Waals surface area contributed by atoms with Crippen LogP contribution in [0.5, 0.6) is 0 Å². The summed E-state index contributed by atoms with van der Waals surface area (Å²) in [5.74, 6) is 4.60. The minimum absolute atomic E-state index is 0.319. The van der Waals surface area contributed by atoms with Crippen LogP contribution in [0.4, 0.5) is 0 Å². The maximum Gasteiger partial charge on any atom is 0.00897 e. The molecule has 0 fully saturated rings. The first-order chi connectivity index (χ1) is 11.5. The Bertz CT molecular complexity index is 252. The summed E-state index contributed by atoms with van der Waals surface area (Å²) in [4.78, 5) is 0. The van der Waals surface area contributed by atoms with Crippen molar-refractivity contribution in [2.75, 3.05) is 23.0 Å². The Hall–Kier alpha value is 2.45. The highest BCUT2D eigenvalue weighted by Gasteiger charge is 2.27. The van der Waals surface area contributed by atoms with Crippen molar-refractivity contribution < 1.29 is 0 Å². The normalized spacial score (nSPS) is 18.1. The molecule has 0 spiro atoms. The first kappa shape index (κ1) is 26.4. The van der Waals surface area contributed by atoms with Crippen molar-refractivity contribution in [3.8, 4) is 0 Å². The molecule has 4 atom stereocenters. The fourth-order valence-electron chi connectivity index (χ4n) is 2.95. The average Bonchev–Trinajstić information content (AvgIpc) is 2.57. The third kappa shape index (κ3) is 12.8. The first-order valence-corrected chi connectivity index (χ1v) is 13.1. The van der Waals surface area contributed by atoms with E-state index in [0.717, 1.165) is 48.7 Å². The van der Waals surface area contributed by atoms with Gasteiger partial charge in [0.1, 0.15) is 0 Å². The van der Waals surface area contributed by atoms with Crippen LogP contribution in [0.15, 0.2) is 0 Å². The Labute approximate surface area is 189 Å². The van der Waals surface area contributed by atoms with Gasteiger partial charge in [0.25, 0.3) is 0 Å². The fourth-order valence-corrected chi connectivity index (χ4v) is 5.84. The smallest absolute Gasteiger partial charge is 0.00897 e. The maximum atomic E-state index is 4.96. The van der Waals surface area contributed by atoms with E-state index in [9.17, 15) is 0 Å². The molecule has 0 saturated heterocycles. The van der Waals surface area contributed by atoms with Crippen LogP contribution < -0.4 is 0 Å². The molecule has 0 rings (SSSR count). The van der Waals surface area contributed by atoms with Crippen molar-refractivity contribution in [1.82, 2.24) is 0 Å². The summed E-state index contributed by atoms with van der Waals surface area (Å²) in [6.07, 6.45) is 9.20. The predicted octanol–water partition coefficient (Wildman–Crippen LogP) is 5.95. The molecule has 0 saturated carbocycles. The lowest BCUT2D eigenvalue weighted by atomic mass is 9.88. The van der Waals surface area contributed by atoms with Gasteiger partial charge in [-0.15, -0.1) is 0 Å². The van der Waals surface area contributed by atoms with Gasteiger partial charge in [0.2, 0.25) is 0 Å². The second-order valence-corrected chi connectivity index (χ2v) is 10.3. The molecule has 146 valence electrons. The van der Waals surface area contributed by atoms with E-state index in [4.69, 9.17) is 37.9 Å². The summed E-state index contributed by atoms with van der Waals surface area (Å²) in [5.41, 5.74) is 0. The zero-order chi connectivity index (χ0) is 18.4. The maximum absolute atomic E-state index is 4.96. The largest absolute Gasteiger partial charge is 0.179 e. The number of unbranched alkanes of at least 4 members (excludes halogenated alkanes) is 2. The number of rotatable bonds is 16. The van der Waals surface area contributed by atoms with Gasteiger partial charge < -0.3 is 0 Å². The Balaban J connectivity index is 4.40. The van der Waals surface area contributed by atoms with E-state index in [1.807, 2.05) is 0 Å². The minimum atomic E-state index is 0.319. The predicted molar refractivity (Wildman–Crippen MR) is 138 cm³/mol. The molecule has 7 heteroatoms. The molecule has 0 aliphatic rings. The highest BCUT2D eigenvalue weighted by atomic mass is 32.1. The van der Waals surface area contributed by atoms with Gasteiger partial charge in [0.15, 0.2) is 0 Å². The van der Waals surface area contributed by atoms with E-state index < -0.39 is 0 Å². The van der Waals surface area contributed by atoms with Gasteiger partial charge in [0.05, 0.1) is 0 Å². The molecule has 0 heterocycles. The van der Waals surface area contributed by atoms with E-state index in [1.54, 1.807) is 0 Å². The fraction of sp³-hybridized carbons (Fsp3) is 1.00. The summed E-state index contributed by atoms with van der Waals surface area (Å²) in [7, 11) is 0. The summed E-state index contributed by atoms with van der Waals surface area (Å²) in [6.45, 7) is 0. The second kappa shape index (κ2) is 17.5. The van der Waals surface area contributed by atoms with Crippen molar-refractivity contribution >= 4 is 88.4 Å². The lowest BCUT2D eigenvalue weighted by molar-refractivity contribution is 0.390. The van der Waals surface area contributed by atoms with Crippen LogP contribution in [0, 0.1) is 11.8 Å². The van der Waals surface area contributed by atoms with E-state index in [2.05, 4.69) is 50.5 Å². The Kier molecular flexibility index (Phi) is 19.3. The van der Waals surface area contributed by atoms with Gasteiger partial charge in [-0.1, -0.05) is 12.8 Å². The molecule has 0 radical (unpaired) electrons. The summed E-state index contributed by atoms with van der Waals surface area (Å²) in [5, 5.41) is 1.18. The van der Waals surface area contributed by atoms with Crippen LogP contribution >= 0.6 is 88.4 Å². The van der Waals surface area contributed by atoms with Gasteiger partial charge in [-0.25, -0.2) is 0 Å². The third-order valence-electron chi connectivity index (χ3n) is 4.48. The average molecular weight is 465 g/mol. The molecule has 0 N–H and O–H groups in total. The van der Waals surface area contributed by atoms with Gasteiger partial charge in [-0.3, -0.25) is 0 Å². The Morgan fingerprint density at radius 1 is 0.542 bits per heavy atom. The van der Waals surface area contributed by atoms with Gasteiger partial charge in [0, 0.05) is 15.7 Å². The van der Waals surface area contributed by atoms with Crippen molar-refractivity contribution in [1.29, 1.82) is 0 Å². The SMILES string of the molecule is SCCCCC(S)CC(CS)C(S)C(CS)CC(S)CCCCS. The summed E-state index contributed by atoms with van der Waals surface area (Å²) >= 11 is 32.2. The van der Waals surface area contributed by atoms with E-state index >= 15 is 0 Å². The molecule has 0 nitrogen and oxygen atoms in total. The molecule has 0 amide bonds. The van der Waals surface area contributed by atoms with E-state index in [-0.39, 0.29) is 0 Å². The van der Waals surface area contributed by atoms with Crippen molar-refractivity contribution in [2.24, 2.45) is 11.8 Å². The molecule has 24 heavy (non-hydrogen) atoms. The lowest BCUT2D eigenvalue weighted by Crippen LogP contribution is -2.31. The van der Waals surface area contributed by atoms with Gasteiger partial charge in [-0.2, -0.15) is 88.4 Å². The highest BCUT2D eigenvalue weighted by molar-refractivity contribution is 7.82. The molecule has 0 aromatic rings. The topological polar surface area (TPSA) is 0 Å². The quantitative estimate of drug-likeness (QED) is 0.106. The molecule has 0 aliphatic carbocycles. The summed E-state index contributed by atoms with van der Waals surface area (Å²) in [6, 6.07) is 0. The monoisotopic (exact) mass is 464 g/mol.